The van der Waals surface area contributed by atoms with Gasteiger partial charge < -0.3 is 5.73 Å². The van der Waals surface area contributed by atoms with Crippen LogP contribution in [-0.2, 0) is 22.1 Å². The third kappa shape index (κ3) is 3.61. The van der Waals surface area contributed by atoms with Gasteiger partial charge in [0.1, 0.15) is 0 Å². The van der Waals surface area contributed by atoms with E-state index in [1.54, 1.807) is 0 Å². The first-order valence-electron chi connectivity index (χ1n) is 5.47. The second-order valence-electron chi connectivity index (χ2n) is 4.06. The monoisotopic (exact) mass is 241 g/mol. The lowest BCUT2D eigenvalue weighted by molar-refractivity contribution is 0.594. The van der Waals surface area contributed by atoms with Gasteiger partial charge >= 0.3 is 0 Å². The molecule has 0 unspecified atom stereocenters. The maximum Gasteiger partial charge on any atom is 0.154 e. The van der Waals surface area contributed by atoms with Crippen molar-refractivity contribution in [1.29, 1.82) is 0 Å². The number of nitrogens with two attached hydrogens (primary N) is 1. The van der Waals surface area contributed by atoms with Crippen molar-refractivity contribution in [2.24, 2.45) is 5.73 Å². The van der Waals surface area contributed by atoms with E-state index in [0.717, 1.165) is 16.7 Å². The molecule has 0 aliphatic heterocycles. The van der Waals surface area contributed by atoms with Gasteiger partial charge in [-0.05, 0) is 30.0 Å². The van der Waals surface area contributed by atoms with E-state index >= 15 is 0 Å². The second kappa shape index (κ2) is 5.46. The third-order valence-corrected chi connectivity index (χ3v) is 4.31. The molecule has 0 heterocycles. The highest BCUT2D eigenvalue weighted by Crippen LogP contribution is 2.14. The van der Waals surface area contributed by atoms with E-state index in [2.05, 4.69) is 0 Å². The number of hydrogen-bond donors (Lipinski definition) is 1. The summed E-state index contributed by atoms with van der Waals surface area (Å²) in [5.41, 5.74) is 8.44. The van der Waals surface area contributed by atoms with Gasteiger partial charge in [-0.25, -0.2) is 8.42 Å². The molecule has 16 heavy (non-hydrogen) atoms. The molecule has 0 radical (unpaired) electrons. The average molecular weight is 241 g/mol. The van der Waals surface area contributed by atoms with Crippen molar-refractivity contribution in [1.82, 2.24) is 0 Å². The SMILES string of the molecule is CCCS(=O)(=O)Cc1ccc(CN)cc1C. The normalized spacial score (nSPS) is 11.7. The minimum absolute atomic E-state index is 0.136. The summed E-state index contributed by atoms with van der Waals surface area (Å²) < 4.78 is 23.4. The first kappa shape index (κ1) is 13.2. The molecule has 1 aromatic carbocycles. The predicted molar refractivity (Wildman–Crippen MR) is 66.9 cm³/mol. The maximum absolute atomic E-state index is 11.7. The van der Waals surface area contributed by atoms with Crippen LogP contribution in [0, 0.1) is 6.92 Å². The summed E-state index contributed by atoms with van der Waals surface area (Å²) in [5, 5.41) is 0. The molecule has 1 rings (SSSR count). The maximum atomic E-state index is 11.7. The third-order valence-electron chi connectivity index (χ3n) is 2.53. The number of aryl methyl sites for hydroxylation is 1. The summed E-state index contributed by atoms with van der Waals surface area (Å²) in [4.78, 5) is 0. The van der Waals surface area contributed by atoms with Crippen molar-refractivity contribution in [2.45, 2.75) is 32.6 Å². The van der Waals surface area contributed by atoms with Crippen molar-refractivity contribution in [2.75, 3.05) is 5.75 Å². The van der Waals surface area contributed by atoms with Crippen LogP contribution in [0.4, 0.5) is 0 Å². The Balaban J connectivity index is 2.90. The lowest BCUT2D eigenvalue weighted by atomic mass is 10.1. The molecule has 0 saturated heterocycles. The van der Waals surface area contributed by atoms with E-state index < -0.39 is 9.84 Å². The molecule has 1 aromatic rings. The van der Waals surface area contributed by atoms with Crippen LogP contribution in [0.15, 0.2) is 18.2 Å². The highest BCUT2D eigenvalue weighted by atomic mass is 32.2. The van der Waals surface area contributed by atoms with Crippen molar-refractivity contribution < 1.29 is 8.42 Å². The molecule has 0 amide bonds. The Hall–Kier alpha value is -0.870. The molecule has 0 saturated carbocycles. The van der Waals surface area contributed by atoms with Gasteiger partial charge in [0, 0.05) is 6.54 Å². The number of hydrogen-bond acceptors (Lipinski definition) is 3. The largest absolute Gasteiger partial charge is 0.326 e. The molecule has 0 aromatic heterocycles. The van der Waals surface area contributed by atoms with Crippen LogP contribution >= 0.6 is 0 Å². The molecule has 0 fully saturated rings. The molecule has 0 aliphatic carbocycles. The average Bonchev–Trinajstić information content (AvgIpc) is 2.20. The van der Waals surface area contributed by atoms with E-state index in [-0.39, 0.29) is 11.5 Å². The summed E-state index contributed by atoms with van der Waals surface area (Å²) in [6.07, 6.45) is 0.669. The van der Waals surface area contributed by atoms with Gasteiger partial charge in [-0.3, -0.25) is 0 Å². The van der Waals surface area contributed by atoms with Crippen LogP contribution in [0.5, 0.6) is 0 Å². The van der Waals surface area contributed by atoms with Crippen LogP contribution in [-0.4, -0.2) is 14.2 Å². The van der Waals surface area contributed by atoms with Crippen LogP contribution in [0.3, 0.4) is 0 Å². The van der Waals surface area contributed by atoms with Gasteiger partial charge in [-0.15, -0.1) is 0 Å². The zero-order valence-electron chi connectivity index (χ0n) is 9.86. The minimum atomic E-state index is -2.96. The molecule has 0 spiro atoms. The second-order valence-corrected chi connectivity index (χ2v) is 6.24. The molecule has 4 heteroatoms. The zero-order valence-corrected chi connectivity index (χ0v) is 10.7. The van der Waals surface area contributed by atoms with E-state index in [4.69, 9.17) is 5.73 Å². The summed E-state index contributed by atoms with van der Waals surface area (Å²) in [6.45, 7) is 4.29. The number of rotatable bonds is 5. The summed E-state index contributed by atoms with van der Waals surface area (Å²) in [6, 6.07) is 5.71. The quantitative estimate of drug-likeness (QED) is 0.854. The summed E-state index contributed by atoms with van der Waals surface area (Å²) in [5.74, 6) is 0.391. The van der Waals surface area contributed by atoms with Crippen LogP contribution < -0.4 is 5.73 Å². The first-order chi connectivity index (χ1) is 7.48. The Kier molecular flexibility index (Phi) is 4.50. The van der Waals surface area contributed by atoms with Gasteiger partial charge in [0.25, 0.3) is 0 Å². The van der Waals surface area contributed by atoms with E-state index in [0.29, 0.717) is 13.0 Å². The molecule has 90 valence electrons. The van der Waals surface area contributed by atoms with Gasteiger partial charge in [0.15, 0.2) is 9.84 Å². The van der Waals surface area contributed by atoms with Crippen molar-refractivity contribution in [3.63, 3.8) is 0 Å². The number of benzene rings is 1. The topological polar surface area (TPSA) is 60.2 Å². The van der Waals surface area contributed by atoms with Crippen LogP contribution in [0.25, 0.3) is 0 Å². The van der Waals surface area contributed by atoms with Crippen molar-refractivity contribution >= 4 is 9.84 Å². The summed E-state index contributed by atoms with van der Waals surface area (Å²) in [7, 11) is -2.96. The number of sulfone groups is 1. The Morgan fingerprint density at radius 2 is 2.00 bits per heavy atom. The zero-order chi connectivity index (χ0) is 12.2. The van der Waals surface area contributed by atoms with Crippen LogP contribution in [0.1, 0.15) is 30.0 Å². The molecule has 0 aliphatic rings. The Morgan fingerprint density at radius 3 is 2.50 bits per heavy atom. The lowest BCUT2D eigenvalue weighted by Gasteiger charge is -2.08. The Morgan fingerprint density at radius 1 is 1.31 bits per heavy atom. The summed E-state index contributed by atoms with van der Waals surface area (Å²) >= 11 is 0. The molecule has 0 atom stereocenters. The van der Waals surface area contributed by atoms with Gasteiger partial charge in [-0.2, -0.15) is 0 Å². The molecule has 2 N–H and O–H groups in total. The van der Waals surface area contributed by atoms with E-state index in [9.17, 15) is 8.42 Å². The molecular formula is C12H19NO2S. The minimum Gasteiger partial charge on any atom is -0.326 e. The first-order valence-corrected chi connectivity index (χ1v) is 7.29. The highest BCUT2D eigenvalue weighted by molar-refractivity contribution is 7.90. The standard InChI is InChI=1S/C12H19NO2S/c1-3-6-16(14,15)9-12-5-4-11(8-13)7-10(12)2/h4-5,7H,3,6,8-9,13H2,1-2H3. The highest BCUT2D eigenvalue weighted by Gasteiger charge is 2.12. The van der Waals surface area contributed by atoms with E-state index in [1.165, 1.54) is 0 Å². The molecule has 3 nitrogen and oxygen atoms in total. The smallest absolute Gasteiger partial charge is 0.154 e. The van der Waals surface area contributed by atoms with Gasteiger partial charge in [-0.1, -0.05) is 25.1 Å². The lowest BCUT2D eigenvalue weighted by Crippen LogP contribution is -2.10. The Labute approximate surface area is 97.6 Å². The van der Waals surface area contributed by atoms with Gasteiger partial charge in [0.05, 0.1) is 11.5 Å². The fourth-order valence-electron chi connectivity index (χ4n) is 1.67. The fourth-order valence-corrected chi connectivity index (χ4v) is 3.23. The van der Waals surface area contributed by atoms with Crippen molar-refractivity contribution in [3.8, 4) is 0 Å². The van der Waals surface area contributed by atoms with Gasteiger partial charge in [0.2, 0.25) is 0 Å². The fraction of sp³-hybridized carbons (Fsp3) is 0.500. The molecular weight excluding hydrogens is 222 g/mol. The molecule has 0 bridgehead atoms. The van der Waals surface area contributed by atoms with E-state index in [1.807, 2.05) is 32.0 Å². The Bertz CT molecular complexity index is 452. The predicted octanol–water partition coefficient (Wildman–Crippen LogP) is 1.78. The van der Waals surface area contributed by atoms with Crippen molar-refractivity contribution in [3.05, 3.63) is 34.9 Å². The van der Waals surface area contributed by atoms with Crippen LogP contribution in [0.2, 0.25) is 0 Å².